The van der Waals surface area contributed by atoms with Gasteiger partial charge < -0.3 is 24.3 Å². The minimum absolute atomic E-state index is 0.0908. The molecule has 1 aliphatic rings. The van der Waals surface area contributed by atoms with Gasteiger partial charge in [-0.3, -0.25) is 9.59 Å². The highest BCUT2D eigenvalue weighted by atomic mass is 19.1. The van der Waals surface area contributed by atoms with Crippen LogP contribution in [0.4, 0.5) is 4.39 Å². The Balaban J connectivity index is 1.38. The van der Waals surface area contributed by atoms with Gasteiger partial charge in [-0.1, -0.05) is 18.2 Å². The molecule has 0 fully saturated rings. The molecular formula is C20H20FNO6. The molecule has 0 unspecified atom stereocenters. The molecule has 7 nitrogen and oxygen atoms in total. The normalized spacial score (nSPS) is 14.9. The van der Waals surface area contributed by atoms with Crippen molar-refractivity contribution >= 4 is 11.9 Å². The second-order valence-corrected chi connectivity index (χ2v) is 6.11. The SMILES string of the molecule is COc1ccc(CC(=O)OCC(=O)NC[C@H]2COc3ccccc3O2)cc1F. The van der Waals surface area contributed by atoms with Crippen LogP contribution in [0.5, 0.6) is 17.2 Å². The third-order valence-corrected chi connectivity index (χ3v) is 4.02. The van der Waals surface area contributed by atoms with Crippen LogP contribution in [0.25, 0.3) is 0 Å². The number of carbonyl (C=O) groups excluding carboxylic acids is 2. The quantitative estimate of drug-likeness (QED) is 0.728. The second-order valence-electron chi connectivity index (χ2n) is 6.11. The van der Waals surface area contributed by atoms with Gasteiger partial charge in [0.15, 0.2) is 29.7 Å². The maximum Gasteiger partial charge on any atom is 0.310 e. The highest BCUT2D eigenvalue weighted by Crippen LogP contribution is 2.30. The van der Waals surface area contributed by atoms with Crippen LogP contribution in [0.2, 0.25) is 0 Å². The number of carbonyl (C=O) groups is 2. The van der Waals surface area contributed by atoms with E-state index >= 15 is 0 Å². The number of benzene rings is 2. The van der Waals surface area contributed by atoms with E-state index in [0.717, 1.165) is 0 Å². The number of amides is 1. The first-order valence-electron chi connectivity index (χ1n) is 8.68. The summed E-state index contributed by atoms with van der Waals surface area (Å²) in [5.41, 5.74) is 0.426. The Hall–Kier alpha value is -3.29. The van der Waals surface area contributed by atoms with E-state index in [1.54, 1.807) is 18.2 Å². The molecule has 2 aromatic rings. The molecule has 0 saturated carbocycles. The minimum atomic E-state index is -0.633. The van der Waals surface area contributed by atoms with Crippen molar-refractivity contribution in [3.8, 4) is 17.2 Å². The highest BCUT2D eigenvalue weighted by Gasteiger charge is 2.21. The third-order valence-electron chi connectivity index (χ3n) is 4.02. The number of esters is 1. The standard InChI is InChI=1S/C20H20FNO6/c1-25-16-7-6-13(8-15(16)21)9-20(24)27-12-19(23)22-10-14-11-26-17-4-2-3-5-18(17)28-14/h2-8,14H,9-12H2,1H3,(H,22,23)/t14-/m0/s1. The van der Waals surface area contributed by atoms with Crippen molar-refractivity contribution in [1.29, 1.82) is 0 Å². The molecule has 1 heterocycles. The lowest BCUT2D eigenvalue weighted by Crippen LogP contribution is -2.42. The zero-order valence-corrected chi connectivity index (χ0v) is 15.3. The number of ether oxygens (including phenoxy) is 4. The second kappa shape index (κ2) is 9.07. The molecule has 148 valence electrons. The lowest BCUT2D eigenvalue weighted by Gasteiger charge is -2.26. The Morgan fingerprint density at radius 1 is 1.21 bits per heavy atom. The molecule has 1 aliphatic heterocycles. The molecule has 0 aromatic heterocycles. The Labute approximate surface area is 161 Å². The molecule has 0 aliphatic carbocycles. The average Bonchev–Trinajstić information content (AvgIpc) is 2.70. The van der Waals surface area contributed by atoms with E-state index in [1.807, 2.05) is 12.1 Å². The molecule has 1 amide bonds. The molecule has 0 spiro atoms. The third kappa shape index (κ3) is 5.12. The number of halogens is 1. The van der Waals surface area contributed by atoms with Gasteiger partial charge in [0, 0.05) is 0 Å². The van der Waals surface area contributed by atoms with Gasteiger partial charge in [0.1, 0.15) is 12.7 Å². The van der Waals surface area contributed by atoms with Gasteiger partial charge >= 0.3 is 5.97 Å². The molecule has 8 heteroatoms. The minimum Gasteiger partial charge on any atom is -0.494 e. The average molecular weight is 389 g/mol. The Kier molecular flexibility index (Phi) is 6.31. The van der Waals surface area contributed by atoms with Crippen molar-refractivity contribution in [2.24, 2.45) is 0 Å². The number of nitrogens with one attached hydrogen (secondary N) is 1. The zero-order chi connectivity index (χ0) is 19.9. The predicted molar refractivity (Wildman–Crippen MR) is 97.0 cm³/mol. The number of methoxy groups -OCH3 is 1. The highest BCUT2D eigenvalue weighted by molar-refractivity contribution is 5.81. The summed E-state index contributed by atoms with van der Waals surface area (Å²) in [6, 6.07) is 11.4. The molecular weight excluding hydrogens is 369 g/mol. The molecule has 28 heavy (non-hydrogen) atoms. The van der Waals surface area contributed by atoms with Gasteiger partial charge in [-0.25, -0.2) is 4.39 Å². The van der Waals surface area contributed by atoms with Crippen molar-refractivity contribution in [2.75, 3.05) is 26.9 Å². The van der Waals surface area contributed by atoms with Gasteiger partial charge in [0.25, 0.3) is 5.91 Å². The Morgan fingerprint density at radius 2 is 2.00 bits per heavy atom. The lowest BCUT2D eigenvalue weighted by atomic mass is 10.1. The van der Waals surface area contributed by atoms with Crippen LogP contribution in [0, 0.1) is 5.82 Å². The smallest absolute Gasteiger partial charge is 0.310 e. The van der Waals surface area contributed by atoms with Crippen LogP contribution in [0.15, 0.2) is 42.5 Å². The van der Waals surface area contributed by atoms with Gasteiger partial charge in [-0.05, 0) is 29.8 Å². The topological polar surface area (TPSA) is 83.1 Å². The summed E-state index contributed by atoms with van der Waals surface area (Å²) < 4.78 is 34.6. The molecule has 0 bridgehead atoms. The molecule has 2 aromatic carbocycles. The summed E-state index contributed by atoms with van der Waals surface area (Å²) in [6.07, 6.45) is -0.485. The molecule has 0 saturated heterocycles. The van der Waals surface area contributed by atoms with Crippen LogP contribution in [0.3, 0.4) is 0 Å². The summed E-state index contributed by atoms with van der Waals surface area (Å²) >= 11 is 0. The summed E-state index contributed by atoms with van der Waals surface area (Å²) in [7, 11) is 1.36. The van der Waals surface area contributed by atoms with Crippen molar-refractivity contribution in [3.05, 3.63) is 53.8 Å². The maximum absolute atomic E-state index is 13.6. The van der Waals surface area contributed by atoms with E-state index in [2.05, 4.69) is 5.32 Å². The predicted octanol–water partition coefficient (Wildman–Crippen LogP) is 1.88. The van der Waals surface area contributed by atoms with Crippen molar-refractivity contribution < 1.29 is 32.9 Å². The summed E-state index contributed by atoms with van der Waals surface area (Å²) in [4.78, 5) is 23.7. The molecule has 1 N–H and O–H groups in total. The fraction of sp³-hybridized carbons (Fsp3) is 0.300. The summed E-state index contributed by atoms with van der Waals surface area (Å²) in [6.45, 7) is 0.0934. The van der Waals surface area contributed by atoms with E-state index in [-0.39, 0.29) is 24.8 Å². The number of para-hydroxylation sites is 2. The van der Waals surface area contributed by atoms with Gasteiger partial charge in [-0.2, -0.15) is 0 Å². The van der Waals surface area contributed by atoms with E-state index in [1.165, 1.54) is 19.2 Å². The van der Waals surface area contributed by atoms with Crippen molar-refractivity contribution in [1.82, 2.24) is 5.32 Å². The lowest BCUT2D eigenvalue weighted by molar-refractivity contribution is -0.148. The zero-order valence-electron chi connectivity index (χ0n) is 15.3. The summed E-state index contributed by atoms with van der Waals surface area (Å²) in [5.74, 6) is -0.294. The van der Waals surface area contributed by atoms with Crippen LogP contribution in [-0.4, -0.2) is 44.8 Å². The first kappa shape index (κ1) is 19.5. The Bertz CT molecular complexity index is 856. The Morgan fingerprint density at radius 3 is 2.75 bits per heavy atom. The van der Waals surface area contributed by atoms with Gasteiger partial charge in [-0.15, -0.1) is 0 Å². The first-order valence-corrected chi connectivity index (χ1v) is 8.68. The van der Waals surface area contributed by atoms with Crippen LogP contribution >= 0.6 is 0 Å². The van der Waals surface area contributed by atoms with E-state index in [9.17, 15) is 14.0 Å². The van der Waals surface area contributed by atoms with Gasteiger partial charge in [0.05, 0.1) is 20.1 Å². The number of hydrogen-bond donors (Lipinski definition) is 1. The first-order chi connectivity index (χ1) is 13.5. The maximum atomic E-state index is 13.6. The van der Waals surface area contributed by atoms with Crippen LogP contribution in [0.1, 0.15) is 5.56 Å². The molecule has 1 atom stereocenters. The largest absolute Gasteiger partial charge is 0.494 e. The van der Waals surface area contributed by atoms with Gasteiger partial charge in [0.2, 0.25) is 0 Å². The van der Waals surface area contributed by atoms with E-state index in [0.29, 0.717) is 23.7 Å². The number of rotatable bonds is 7. The van der Waals surface area contributed by atoms with Crippen molar-refractivity contribution in [3.63, 3.8) is 0 Å². The molecule has 3 rings (SSSR count). The van der Waals surface area contributed by atoms with E-state index < -0.39 is 24.3 Å². The number of hydrogen-bond acceptors (Lipinski definition) is 6. The number of fused-ring (bicyclic) bond motifs is 1. The molecule has 0 radical (unpaired) electrons. The van der Waals surface area contributed by atoms with Crippen LogP contribution in [-0.2, 0) is 20.7 Å². The fourth-order valence-corrected chi connectivity index (χ4v) is 2.63. The van der Waals surface area contributed by atoms with E-state index in [4.69, 9.17) is 18.9 Å². The monoisotopic (exact) mass is 389 g/mol. The van der Waals surface area contributed by atoms with Crippen LogP contribution < -0.4 is 19.5 Å². The fourth-order valence-electron chi connectivity index (χ4n) is 2.63. The summed E-state index contributed by atoms with van der Waals surface area (Å²) in [5, 5.41) is 2.63. The van der Waals surface area contributed by atoms with Crippen molar-refractivity contribution in [2.45, 2.75) is 12.5 Å².